The summed E-state index contributed by atoms with van der Waals surface area (Å²) in [6.07, 6.45) is 0.461. The smallest absolute Gasteiger partial charge is 0.349 e. The van der Waals surface area contributed by atoms with E-state index in [-0.39, 0.29) is 5.95 Å². The van der Waals surface area contributed by atoms with Crippen LogP contribution < -0.4 is 11.4 Å². The standard InChI is InChI=1S/C10H9ClN4O/c11-7-3-1-2-6(4-7)5-8-13-9(12)15-10(16)14-8/h1-4H,5H2,(H3,12,13,14,15,16). The minimum absolute atomic E-state index is 0.0271. The number of anilines is 1. The molecule has 0 aliphatic heterocycles. The molecule has 1 aromatic carbocycles. The van der Waals surface area contributed by atoms with Gasteiger partial charge >= 0.3 is 5.69 Å². The third kappa shape index (κ3) is 2.58. The number of halogens is 1. The van der Waals surface area contributed by atoms with Gasteiger partial charge in [0.2, 0.25) is 5.95 Å². The molecule has 1 heterocycles. The maximum atomic E-state index is 11.1. The van der Waals surface area contributed by atoms with Crippen LogP contribution in [0.25, 0.3) is 0 Å². The van der Waals surface area contributed by atoms with Crippen LogP contribution in [-0.4, -0.2) is 15.0 Å². The Labute approximate surface area is 96.3 Å². The number of nitrogen functional groups attached to an aromatic ring is 1. The number of hydrogen-bond donors (Lipinski definition) is 2. The van der Waals surface area contributed by atoms with Crippen molar-refractivity contribution in [3.63, 3.8) is 0 Å². The molecule has 0 amide bonds. The molecule has 2 rings (SSSR count). The van der Waals surface area contributed by atoms with Crippen molar-refractivity contribution in [2.75, 3.05) is 5.73 Å². The lowest BCUT2D eigenvalue weighted by molar-refractivity contribution is 0.894. The van der Waals surface area contributed by atoms with E-state index in [1.807, 2.05) is 12.1 Å². The summed E-state index contributed by atoms with van der Waals surface area (Å²) in [5.41, 5.74) is 5.82. The summed E-state index contributed by atoms with van der Waals surface area (Å²) in [6, 6.07) is 7.31. The summed E-state index contributed by atoms with van der Waals surface area (Å²) >= 11 is 5.84. The summed E-state index contributed by atoms with van der Waals surface area (Å²) in [4.78, 5) is 20.9. The molecule has 0 aliphatic carbocycles. The largest absolute Gasteiger partial charge is 0.368 e. The second-order valence-electron chi connectivity index (χ2n) is 3.27. The van der Waals surface area contributed by atoms with E-state index in [2.05, 4.69) is 15.0 Å². The first-order valence-electron chi connectivity index (χ1n) is 4.60. The lowest BCUT2D eigenvalue weighted by Gasteiger charge is -2.01. The summed E-state index contributed by atoms with van der Waals surface area (Å²) < 4.78 is 0. The second kappa shape index (κ2) is 4.32. The van der Waals surface area contributed by atoms with Crippen molar-refractivity contribution in [1.82, 2.24) is 15.0 Å². The fraction of sp³-hybridized carbons (Fsp3) is 0.100. The van der Waals surface area contributed by atoms with Gasteiger partial charge in [0.15, 0.2) is 0 Å². The number of rotatable bonds is 2. The van der Waals surface area contributed by atoms with Gasteiger partial charge in [0.25, 0.3) is 0 Å². The number of aromatic amines is 1. The Kier molecular flexibility index (Phi) is 2.87. The zero-order valence-electron chi connectivity index (χ0n) is 8.27. The third-order valence-corrected chi connectivity index (χ3v) is 2.21. The Morgan fingerprint density at radius 3 is 2.88 bits per heavy atom. The maximum absolute atomic E-state index is 11.1. The normalized spacial score (nSPS) is 10.3. The number of hydrogen-bond acceptors (Lipinski definition) is 4. The molecular weight excluding hydrogens is 228 g/mol. The Hall–Kier alpha value is -1.88. The molecule has 0 aliphatic rings. The summed E-state index contributed by atoms with van der Waals surface area (Å²) in [6.45, 7) is 0. The van der Waals surface area contributed by atoms with Crippen molar-refractivity contribution in [3.8, 4) is 0 Å². The molecule has 16 heavy (non-hydrogen) atoms. The van der Waals surface area contributed by atoms with Crippen LogP contribution in [-0.2, 0) is 6.42 Å². The molecule has 0 spiro atoms. The minimum atomic E-state index is -0.496. The van der Waals surface area contributed by atoms with Crippen molar-refractivity contribution < 1.29 is 0 Å². The van der Waals surface area contributed by atoms with E-state index in [0.29, 0.717) is 17.3 Å². The summed E-state index contributed by atoms with van der Waals surface area (Å²) in [5.74, 6) is 0.445. The highest BCUT2D eigenvalue weighted by Gasteiger charge is 2.02. The monoisotopic (exact) mass is 236 g/mol. The number of nitrogens with two attached hydrogens (primary N) is 1. The zero-order valence-corrected chi connectivity index (χ0v) is 9.03. The van der Waals surface area contributed by atoms with Gasteiger partial charge in [0, 0.05) is 11.4 Å². The van der Waals surface area contributed by atoms with Crippen LogP contribution in [0.4, 0.5) is 5.95 Å². The fourth-order valence-electron chi connectivity index (χ4n) is 1.37. The van der Waals surface area contributed by atoms with E-state index in [4.69, 9.17) is 17.3 Å². The highest BCUT2D eigenvalue weighted by molar-refractivity contribution is 6.30. The van der Waals surface area contributed by atoms with Crippen molar-refractivity contribution in [3.05, 3.63) is 51.2 Å². The van der Waals surface area contributed by atoms with Crippen LogP contribution in [0.1, 0.15) is 11.4 Å². The molecule has 0 radical (unpaired) electrons. The molecular formula is C10H9ClN4O. The number of nitrogens with zero attached hydrogens (tertiary/aromatic N) is 2. The first kappa shape index (κ1) is 10.6. The van der Waals surface area contributed by atoms with Crippen molar-refractivity contribution >= 4 is 17.5 Å². The maximum Gasteiger partial charge on any atom is 0.349 e. The molecule has 5 nitrogen and oxygen atoms in total. The summed E-state index contributed by atoms with van der Waals surface area (Å²) in [7, 11) is 0. The molecule has 2 aromatic rings. The van der Waals surface area contributed by atoms with Gasteiger partial charge in [-0.3, -0.25) is 4.98 Å². The van der Waals surface area contributed by atoms with E-state index in [9.17, 15) is 4.79 Å². The predicted octanol–water partition coefficient (Wildman–Crippen LogP) is 0.991. The van der Waals surface area contributed by atoms with Gasteiger partial charge in [-0.2, -0.15) is 9.97 Å². The Morgan fingerprint density at radius 1 is 1.38 bits per heavy atom. The molecule has 0 saturated heterocycles. The lowest BCUT2D eigenvalue weighted by Crippen LogP contribution is -2.17. The van der Waals surface area contributed by atoms with E-state index < -0.39 is 5.69 Å². The molecule has 0 fully saturated rings. The molecule has 82 valence electrons. The van der Waals surface area contributed by atoms with Crippen LogP contribution in [0.5, 0.6) is 0 Å². The Morgan fingerprint density at radius 2 is 2.19 bits per heavy atom. The molecule has 0 bridgehead atoms. The van der Waals surface area contributed by atoms with Gasteiger partial charge in [-0.25, -0.2) is 4.79 Å². The van der Waals surface area contributed by atoms with Gasteiger partial charge in [0.1, 0.15) is 5.82 Å². The molecule has 0 saturated carbocycles. The molecule has 0 atom stereocenters. The zero-order chi connectivity index (χ0) is 11.5. The van der Waals surface area contributed by atoms with Crippen LogP contribution in [0.2, 0.25) is 5.02 Å². The molecule has 3 N–H and O–H groups in total. The number of nitrogens with one attached hydrogen (secondary N) is 1. The van der Waals surface area contributed by atoms with Crippen LogP contribution in [0.15, 0.2) is 29.1 Å². The minimum Gasteiger partial charge on any atom is -0.368 e. The number of benzene rings is 1. The SMILES string of the molecule is Nc1nc(Cc2cccc(Cl)c2)[nH]c(=O)n1. The van der Waals surface area contributed by atoms with E-state index in [1.54, 1.807) is 12.1 Å². The molecule has 6 heteroatoms. The molecule has 0 unspecified atom stereocenters. The third-order valence-electron chi connectivity index (χ3n) is 1.98. The number of aromatic nitrogens is 3. The van der Waals surface area contributed by atoms with Crippen molar-refractivity contribution in [1.29, 1.82) is 0 Å². The van der Waals surface area contributed by atoms with Gasteiger partial charge < -0.3 is 5.73 Å². The number of H-pyrrole nitrogens is 1. The topological polar surface area (TPSA) is 84.7 Å². The highest BCUT2D eigenvalue weighted by atomic mass is 35.5. The Bertz CT molecular complexity index is 567. The lowest BCUT2D eigenvalue weighted by atomic mass is 10.1. The van der Waals surface area contributed by atoms with Gasteiger partial charge in [0.05, 0.1) is 0 Å². The van der Waals surface area contributed by atoms with E-state index in [1.165, 1.54) is 0 Å². The molecule has 1 aromatic heterocycles. The van der Waals surface area contributed by atoms with E-state index >= 15 is 0 Å². The van der Waals surface area contributed by atoms with Crippen LogP contribution in [0, 0.1) is 0 Å². The predicted molar refractivity (Wildman–Crippen MR) is 61.3 cm³/mol. The first-order valence-corrected chi connectivity index (χ1v) is 4.98. The van der Waals surface area contributed by atoms with Crippen molar-refractivity contribution in [2.45, 2.75) is 6.42 Å². The average Bonchev–Trinajstić information content (AvgIpc) is 2.15. The van der Waals surface area contributed by atoms with Crippen molar-refractivity contribution in [2.24, 2.45) is 0 Å². The second-order valence-corrected chi connectivity index (χ2v) is 3.70. The highest BCUT2D eigenvalue weighted by Crippen LogP contribution is 2.12. The summed E-state index contributed by atoms with van der Waals surface area (Å²) in [5, 5.41) is 0.641. The van der Waals surface area contributed by atoms with Crippen LogP contribution >= 0.6 is 11.6 Å². The average molecular weight is 237 g/mol. The first-order chi connectivity index (χ1) is 7.63. The fourth-order valence-corrected chi connectivity index (χ4v) is 1.58. The van der Waals surface area contributed by atoms with Gasteiger partial charge in [-0.15, -0.1) is 0 Å². The van der Waals surface area contributed by atoms with E-state index in [0.717, 1.165) is 5.56 Å². The van der Waals surface area contributed by atoms with Gasteiger partial charge in [-0.1, -0.05) is 23.7 Å². The Balaban J connectivity index is 2.30. The van der Waals surface area contributed by atoms with Crippen LogP contribution in [0.3, 0.4) is 0 Å². The van der Waals surface area contributed by atoms with Gasteiger partial charge in [-0.05, 0) is 17.7 Å². The quantitative estimate of drug-likeness (QED) is 0.814.